The Morgan fingerprint density at radius 2 is 2.25 bits per heavy atom. The average molecular weight is 210 g/mol. The van der Waals surface area contributed by atoms with E-state index in [-0.39, 0.29) is 0 Å². The first kappa shape index (κ1) is 10.5. The molecule has 0 unspecified atom stereocenters. The van der Waals surface area contributed by atoms with Crippen molar-refractivity contribution in [2.24, 2.45) is 0 Å². The van der Waals surface area contributed by atoms with E-state index in [4.69, 9.17) is 5.26 Å². The third kappa shape index (κ3) is 1.99. The lowest BCUT2D eigenvalue weighted by molar-refractivity contribution is 0.671. The number of aromatic nitrogens is 1. The summed E-state index contributed by atoms with van der Waals surface area (Å²) in [7, 11) is 0. The Labute approximate surface area is 95.4 Å². The van der Waals surface area contributed by atoms with Crippen LogP contribution in [0.1, 0.15) is 18.4 Å². The molecule has 0 fully saturated rings. The number of rotatable bonds is 4. The smallest absolute Gasteiger partial charge is 0.0992 e. The normalized spacial score (nSPS) is 10.2. The van der Waals surface area contributed by atoms with Crippen LogP contribution in [0.3, 0.4) is 0 Å². The van der Waals surface area contributed by atoms with Gasteiger partial charge in [0.2, 0.25) is 0 Å². The zero-order valence-electron chi connectivity index (χ0n) is 9.19. The molecule has 1 aromatic heterocycles. The molecule has 2 aromatic rings. The first-order valence-electron chi connectivity index (χ1n) is 5.45. The Kier molecular flexibility index (Phi) is 3.07. The summed E-state index contributed by atoms with van der Waals surface area (Å²) in [5.74, 6) is 0. The molecular weight excluding hydrogens is 196 g/mol. The maximum Gasteiger partial charge on any atom is 0.0992 e. The average Bonchev–Trinajstić information content (AvgIpc) is 2.72. The maximum absolute atomic E-state index is 8.87. The molecule has 0 bridgehead atoms. The first-order valence-corrected chi connectivity index (χ1v) is 5.45. The van der Waals surface area contributed by atoms with Crippen molar-refractivity contribution in [3.05, 3.63) is 48.7 Å². The molecule has 1 heterocycles. The van der Waals surface area contributed by atoms with Crippen LogP contribution in [0.15, 0.2) is 43.1 Å². The van der Waals surface area contributed by atoms with Crippen molar-refractivity contribution in [3.63, 3.8) is 0 Å². The second kappa shape index (κ2) is 4.67. The number of nitrogens with zero attached hydrogens (tertiary/aromatic N) is 2. The summed E-state index contributed by atoms with van der Waals surface area (Å²) in [6, 6.07) is 10.1. The van der Waals surface area contributed by atoms with E-state index in [9.17, 15) is 0 Å². The molecule has 0 saturated carbocycles. The van der Waals surface area contributed by atoms with Crippen LogP contribution in [0.25, 0.3) is 10.9 Å². The molecule has 0 radical (unpaired) electrons. The molecule has 2 heteroatoms. The predicted octanol–water partition coefficient (Wildman–Crippen LogP) is 3.48. The Morgan fingerprint density at radius 1 is 1.38 bits per heavy atom. The van der Waals surface area contributed by atoms with Crippen LogP contribution in [0.4, 0.5) is 0 Å². The summed E-state index contributed by atoms with van der Waals surface area (Å²) in [6.45, 7) is 4.69. The largest absolute Gasteiger partial charge is 0.347 e. The predicted molar refractivity (Wildman–Crippen MR) is 66.1 cm³/mol. The van der Waals surface area contributed by atoms with Crippen molar-refractivity contribution in [3.8, 4) is 6.07 Å². The standard InChI is InChI=1S/C14H14N2/c1-2-3-4-8-16-9-7-13-6-5-12(11-15)10-14(13)16/h2,5-7,9-10H,1,3-4,8H2. The number of nitriles is 1. The van der Waals surface area contributed by atoms with Crippen LogP contribution < -0.4 is 0 Å². The van der Waals surface area contributed by atoms with Crippen molar-refractivity contribution in [1.82, 2.24) is 4.57 Å². The van der Waals surface area contributed by atoms with E-state index >= 15 is 0 Å². The molecule has 0 aliphatic carbocycles. The highest BCUT2D eigenvalue weighted by Gasteiger charge is 2.01. The van der Waals surface area contributed by atoms with E-state index in [2.05, 4.69) is 29.5 Å². The number of benzene rings is 1. The topological polar surface area (TPSA) is 28.7 Å². The van der Waals surface area contributed by atoms with Gasteiger partial charge in [-0.05, 0) is 36.4 Å². The van der Waals surface area contributed by atoms with Crippen molar-refractivity contribution in [2.45, 2.75) is 19.4 Å². The minimum Gasteiger partial charge on any atom is -0.347 e. The molecule has 16 heavy (non-hydrogen) atoms. The fraction of sp³-hybridized carbons (Fsp3) is 0.214. The first-order chi connectivity index (χ1) is 7.85. The van der Waals surface area contributed by atoms with E-state index in [0.29, 0.717) is 0 Å². The number of hydrogen-bond acceptors (Lipinski definition) is 1. The van der Waals surface area contributed by atoms with Crippen molar-refractivity contribution in [1.29, 1.82) is 5.26 Å². The third-order valence-electron chi connectivity index (χ3n) is 2.71. The molecule has 0 spiro atoms. The highest BCUT2D eigenvalue weighted by Crippen LogP contribution is 2.18. The number of allylic oxidation sites excluding steroid dienone is 1. The van der Waals surface area contributed by atoms with Gasteiger partial charge in [-0.2, -0.15) is 5.26 Å². The van der Waals surface area contributed by atoms with E-state index in [1.165, 1.54) is 5.39 Å². The molecule has 0 atom stereocenters. The minimum atomic E-state index is 0.719. The van der Waals surface area contributed by atoms with Gasteiger partial charge in [-0.1, -0.05) is 12.1 Å². The second-order valence-electron chi connectivity index (χ2n) is 3.83. The van der Waals surface area contributed by atoms with Gasteiger partial charge < -0.3 is 4.57 Å². The third-order valence-corrected chi connectivity index (χ3v) is 2.71. The highest BCUT2D eigenvalue weighted by molar-refractivity contribution is 5.81. The van der Waals surface area contributed by atoms with Crippen molar-refractivity contribution >= 4 is 10.9 Å². The Balaban J connectivity index is 2.31. The van der Waals surface area contributed by atoms with Crippen LogP contribution in [-0.4, -0.2) is 4.57 Å². The van der Waals surface area contributed by atoms with Gasteiger partial charge >= 0.3 is 0 Å². The summed E-state index contributed by atoms with van der Waals surface area (Å²) in [5, 5.41) is 10.1. The van der Waals surface area contributed by atoms with E-state index in [0.717, 1.165) is 30.5 Å². The number of fused-ring (bicyclic) bond motifs is 1. The Morgan fingerprint density at radius 3 is 3.00 bits per heavy atom. The summed E-state index contributed by atoms with van der Waals surface area (Å²) in [4.78, 5) is 0. The molecule has 80 valence electrons. The lowest BCUT2D eigenvalue weighted by Crippen LogP contribution is -1.95. The highest BCUT2D eigenvalue weighted by atomic mass is 14.9. The summed E-state index contributed by atoms with van der Waals surface area (Å²) >= 11 is 0. The fourth-order valence-corrected chi connectivity index (χ4v) is 1.85. The van der Waals surface area contributed by atoms with Gasteiger partial charge in [0, 0.05) is 18.3 Å². The molecule has 0 N–H and O–H groups in total. The van der Waals surface area contributed by atoms with Gasteiger partial charge in [0.25, 0.3) is 0 Å². The lowest BCUT2D eigenvalue weighted by Gasteiger charge is -2.03. The molecule has 0 saturated heterocycles. The summed E-state index contributed by atoms with van der Waals surface area (Å²) in [6.07, 6.45) is 6.13. The van der Waals surface area contributed by atoms with Gasteiger partial charge in [0.15, 0.2) is 0 Å². The van der Waals surface area contributed by atoms with Crippen LogP contribution in [-0.2, 0) is 6.54 Å². The van der Waals surface area contributed by atoms with E-state index in [1.807, 2.05) is 24.3 Å². The van der Waals surface area contributed by atoms with Crippen LogP contribution in [0, 0.1) is 11.3 Å². The molecule has 0 amide bonds. The van der Waals surface area contributed by atoms with Gasteiger partial charge in [-0.15, -0.1) is 6.58 Å². The van der Waals surface area contributed by atoms with Crippen molar-refractivity contribution < 1.29 is 0 Å². The summed E-state index contributed by atoms with van der Waals surface area (Å²) < 4.78 is 2.19. The zero-order chi connectivity index (χ0) is 11.4. The number of hydrogen-bond donors (Lipinski definition) is 0. The number of unbranched alkanes of at least 4 members (excludes halogenated alkanes) is 1. The molecule has 2 rings (SSSR count). The van der Waals surface area contributed by atoms with Gasteiger partial charge in [-0.3, -0.25) is 0 Å². The molecular formula is C14H14N2. The van der Waals surface area contributed by atoms with Crippen LogP contribution >= 0.6 is 0 Å². The fourth-order valence-electron chi connectivity index (χ4n) is 1.85. The quantitative estimate of drug-likeness (QED) is 0.561. The van der Waals surface area contributed by atoms with Crippen molar-refractivity contribution in [2.75, 3.05) is 0 Å². The Hall–Kier alpha value is -2.01. The van der Waals surface area contributed by atoms with E-state index in [1.54, 1.807) is 0 Å². The van der Waals surface area contributed by atoms with Gasteiger partial charge in [0.1, 0.15) is 0 Å². The van der Waals surface area contributed by atoms with Gasteiger partial charge in [0.05, 0.1) is 11.6 Å². The second-order valence-corrected chi connectivity index (χ2v) is 3.83. The lowest BCUT2D eigenvalue weighted by atomic mass is 10.2. The zero-order valence-corrected chi connectivity index (χ0v) is 9.19. The monoisotopic (exact) mass is 210 g/mol. The molecule has 2 nitrogen and oxygen atoms in total. The summed E-state index contributed by atoms with van der Waals surface area (Å²) in [5.41, 5.74) is 1.86. The SMILES string of the molecule is C=CCCCn1ccc2ccc(C#N)cc21. The minimum absolute atomic E-state index is 0.719. The maximum atomic E-state index is 8.87. The van der Waals surface area contributed by atoms with E-state index < -0.39 is 0 Å². The van der Waals surface area contributed by atoms with Crippen LogP contribution in [0.2, 0.25) is 0 Å². The molecule has 1 aromatic carbocycles. The van der Waals surface area contributed by atoms with Gasteiger partial charge in [-0.25, -0.2) is 0 Å². The molecule has 0 aliphatic rings. The molecule has 0 aliphatic heterocycles. The van der Waals surface area contributed by atoms with Crippen LogP contribution in [0.5, 0.6) is 0 Å². The number of aryl methyl sites for hydroxylation is 1. The Bertz CT molecular complexity index is 543.